The van der Waals surface area contributed by atoms with E-state index < -0.39 is 0 Å². The van der Waals surface area contributed by atoms with Crippen molar-refractivity contribution < 1.29 is 14.3 Å². The summed E-state index contributed by atoms with van der Waals surface area (Å²) in [5.41, 5.74) is 5.13. The van der Waals surface area contributed by atoms with E-state index in [-0.39, 0.29) is 11.2 Å². The van der Waals surface area contributed by atoms with Crippen molar-refractivity contribution >= 4 is 34.3 Å². The van der Waals surface area contributed by atoms with Crippen molar-refractivity contribution in [2.45, 2.75) is 38.0 Å². The average Bonchev–Trinajstić information content (AvgIpc) is 2.69. The zero-order valence-electron chi connectivity index (χ0n) is 17.6. The van der Waals surface area contributed by atoms with Gasteiger partial charge in [0.2, 0.25) is 5.91 Å². The molecule has 0 aliphatic carbocycles. The zero-order valence-corrected chi connectivity index (χ0v) is 18.4. The Morgan fingerprint density at radius 3 is 2.48 bits per heavy atom. The van der Waals surface area contributed by atoms with Gasteiger partial charge < -0.3 is 14.8 Å². The minimum Gasteiger partial charge on any atom is -0.497 e. The highest BCUT2D eigenvalue weighted by molar-refractivity contribution is 8.00. The molecule has 0 saturated heterocycles. The van der Waals surface area contributed by atoms with Crippen molar-refractivity contribution in [3.05, 3.63) is 53.1 Å². The molecule has 0 fully saturated rings. The van der Waals surface area contributed by atoms with E-state index in [2.05, 4.69) is 38.2 Å². The Bertz CT molecular complexity index is 1070. The summed E-state index contributed by atoms with van der Waals surface area (Å²) < 4.78 is 10.6. The highest BCUT2D eigenvalue weighted by Crippen LogP contribution is 2.32. The third-order valence-electron chi connectivity index (χ3n) is 4.76. The Hall–Kier alpha value is -2.73. The molecular formula is C23H26N2O3S. The maximum absolute atomic E-state index is 12.8. The van der Waals surface area contributed by atoms with E-state index in [9.17, 15) is 4.79 Å². The first-order chi connectivity index (χ1) is 13.8. The molecule has 1 heterocycles. The van der Waals surface area contributed by atoms with Crippen molar-refractivity contribution in [1.82, 2.24) is 4.98 Å². The number of anilines is 1. The van der Waals surface area contributed by atoms with Gasteiger partial charge in [0, 0.05) is 11.5 Å². The van der Waals surface area contributed by atoms with E-state index in [0.717, 1.165) is 27.1 Å². The molecule has 0 aliphatic rings. The van der Waals surface area contributed by atoms with Gasteiger partial charge in [-0.05, 0) is 63.1 Å². The van der Waals surface area contributed by atoms with Crippen LogP contribution in [0.4, 0.5) is 5.69 Å². The second-order valence-electron chi connectivity index (χ2n) is 7.07. The summed E-state index contributed by atoms with van der Waals surface area (Å²) in [6.07, 6.45) is 0. The van der Waals surface area contributed by atoms with Crippen molar-refractivity contribution in [1.29, 1.82) is 0 Å². The molecule has 3 rings (SSSR count). The number of amides is 1. The van der Waals surface area contributed by atoms with E-state index >= 15 is 0 Å². The maximum Gasteiger partial charge on any atom is 0.237 e. The number of hydrogen-bond donors (Lipinski definition) is 1. The summed E-state index contributed by atoms with van der Waals surface area (Å²) in [7, 11) is 3.15. The Morgan fingerprint density at radius 1 is 1.03 bits per heavy atom. The fraction of sp³-hybridized carbons (Fsp3) is 0.304. The molecule has 0 spiro atoms. The topological polar surface area (TPSA) is 60.5 Å². The van der Waals surface area contributed by atoms with Gasteiger partial charge in [-0.15, -0.1) is 0 Å². The lowest BCUT2D eigenvalue weighted by atomic mass is 10.0. The molecule has 0 bridgehead atoms. The van der Waals surface area contributed by atoms with Crippen LogP contribution in [0.5, 0.6) is 11.5 Å². The smallest absolute Gasteiger partial charge is 0.237 e. The van der Waals surface area contributed by atoms with Crippen molar-refractivity contribution in [3.8, 4) is 11.5 Å². The first-order valence-electron chi connectivity index (χ1n) is 9.40. The molecule has 1 N–H and O–H groups in total. The van der Waals surface area contributed by atoms with Crippen LogP contribution in [0, 0.1) is 20.8 Å². The number of methoxy groups -OCH3 is 2. The zero-order chi connectivity index (χ0) is 21.1. The quantitative estimate of drug-likeness (QED) is 0.559. The molecule has 152 valence electrons. The van der Waals surface area contributed by atoms with E-state index in [4.69, 9.17) is 14.5 Å². The van der Waals surface area contributed by atoms with Crippen LogP contribution in [0.25, 0.3) is 10.9 Å². The first kappa shape index (κ1) is 21.0. The van der Waals surface area contributed by atoms with Gasteiger partial charge in [0.15, 0.2) is 0 Å². The number of fused-ring (bicyclic) bond motifs is 1. The molecule has 2 aromatic carbocycles. The monoisotopic (exact) mass is 410 g/mol. The number of rotatable bonds is 6. The predicted molar refractivity (Wildman–Crippen MR) is 119 cm³/mol. The Morgan fingerprint density at radius 2 is 1.79 bits per heavy atom. The van der Waals surface area contributed by atoms with Crippen LogP contribution in [-0.4, -0.2) is 30.4 Å². The lowest BCUT2D eigenvalue weighted by Crippen LogP contribution is -2.22. The standard InChI is InChI=1S/C23H26N2O3S/c1-13-9-15(3)22-18(10-13)14(2)11-21(25-22)29-16(4)23(26)24-19-8-7-17(27-5)12-20(19)28-6/h7-12,16H,1-6H3,(H,24,26). The third kappa shape index (κ3) is 4.65. The molecule has 6 heteroatoms. The van der Waals surface area contributed by atoms with Gasteiger partial charge in [-0.3, -0.25) is 4.79 Å². The SMILES string of the molecule is COc1ccc(NC(=O)C(C)Sc2cc(C)c3cc(C)cc(C)c3n2)c(OC)c1. The number of nitrogens with one attached hydrogen (secondary N) is 1. The molecule has 0 radical (unpaired) electrons. The molecule has 0 saturated carbocycles. The van der Waals surface area contributed by atoms with Gasteiger partial charge in [-0.2, -0.15) is 0 Å². The van der Waals surface area contributed by atoms with Crippen molar-refractivity contribution in [2.75, 3.05) is 19.5 Å². The third-order valence-corrected chi connectivity index (χ3v) is 5.78. The highest BCUT2D eigenvalue weighted by atomic mass is 32.2. The number of aryl methyl sites for hydroxylation is 3. The van der Waals surface area contributed by atoms with Crippen LogP contribution >= 0.6 is 11.8 Å². The minimum absolute atomic E-state index is 0.112. The van der Waals surface area contributed by atoms with Crippen LogP contribution in [0.15, 0.2) is 41.4 Å². The molecule has 1 atom stereocenters. The number of ether oxygens (including phenoxy) is 2. The average molecular weight is 411 g/mol. The number of pyridine rings is 1. The number of benzene rings is 2. The van der Waals surface area contributed by atoms with E-state index in [0.29, 0.717) is 17.2 Å². The van der Waals surface area contributed by atoms with Crippen LogP contribution in [0.1, 0.15) is 23.6 Å². The second-order valence-corrected chi connectivity index (χ2v) is 8.43. The van der Waals surface area contributed by atoms with Gasteiger partial charge in [0.05, 0.1) is 35.7 Å². The Labute approximate surface area is 175 Å². The molecular weight excluding hydrogens is 384 g/mol. The summed E-state index contributed by atoms with van der Waals surface area (Å²) in [5.74, 6) is 1.11. The number of carbonyl (C=O) groups excluding carboxylic acids is 1. The van der Waals surface area contributed by atoms with Gasteiger partial charge >= 0.3 is 0 Å². The van der Waals surface area contributed by atoms with E-state index in [1.807, 2.05) is 13.0 Å². The molecule has 5 nitrogen and oxygen atoms in total. The second kappa shape index (κ2) is 8.74. The van der Waals surface area contributed by atoms with Gasteiger partial charge in [0.25, 0.3) is 0 Å². The number of nitrogens with zero attached hydrogens (tertiary/aromatic N) is 1. The Kier molecular flexibility index (Phi) is 6.33. The fourth-order valence-electron chi connectivity index (χ4n) is 3.25. The largest absolute Gasteiger partial charge is 0.497 e. The summed E-state index contributed by atoms with van der Waals surface area (Å²) in [6.45, 7) is 8.12. The first-order valence-corrected chi connectivity index (χ1v) is 10.3. The summed E-state index contributed by atoms with van der Waals surface area (Å²) in [5, 5.41) is 4.61. The summed E-state index contributed by atoms with van der Waals surface area (Å²) in [6, 6.07) is 11.6. The molecule has 1 amide bonds. The van der Waals surface area contributed by atoms with Crippen LogP contribution < -0.4 is 14.8 Å². The molecule has 1 unspecified atom stereocenters. The van der Waals surface area contributed by atoms with Crippen molar-refractivity contribution in [3.63, 3.8) is 0 Å². The van der Waals surface area contributed by atoms with Gasteiger partial charge in [-0.1, -0.05) is 23.4 Å². The van der Waals surface area contributed by atoms with E-state index in [1.54, 1.807) is 32.4 Å². The number of carbonyl (C=O) groups is 1. The minimum atomic E-state index is -0.322. The van der Waals surface area contributed by atoms with Crippen LogP contribution in [0.3, 0.4) is 0 Å². The number of hydrogen-bond acceptors (Lipinski definition) is 5. The lowest BCUT2D eigenvalue weighted by molar-refractivity contribution is -0.115. The van der Waals surface area contributed by atoms with Gasteiger partial charge in [-0.25, -0.2) is 4.98 Å². The molecule has 1 aromatic heterocycles. The van der Waals surface area contributed by atoms with Crippen LogP contribution in [-0.2, 0) is 4.79 Å². The van der Waals surface area contributed by atoms with Gasteiger partial charge in [0.1, 0.15) is 11.5 Å². The normalized spacial score (nSPS) is 11.9. The number of thioether (sulfide) groups is 1. The van der Waals surface area contributed by atoms with Crippen molar-refractivity contribution in [2.24, 2.45) is 0 Å². The van der Waals surface area contributed by atoms with Crippen LogP contribution in [0.2, 0.25) is 0 Å². The summed E-state index contributed by atoms with van der Waals surface area (Å²) in [4.78, 5) is 17.6. The molecule has 3 aromatic rings. The number of aromatic nitrogens is 1. The maximum atomic E-state index is 12.8. The highest BCUT2D eigenvalue weighted by Gasteiger charge is 2.18. The molecule has 29 heavy (non-hydrogen) atoms. The summed E-state index contributed by atoms with van der Waals surface area (Å²) >= 11 is 1.45. The fourth-order valence-corrected chi connectivity index (χ4v) is 4.16. The Balaban J connectivity index is 1.79. The lowest BCUT2D eigenvalue weighted by Gasteiger charge is -2.15. The van der Waals surface area contributed by atoms with E-state index in [1.165, 1.54) is 17.3 Å². The molecule has 0 aliphatic heterocycles. The predicted octanol–water partition coefficient (Wildman–Crippen LogP) is 5.30.